The lowest BCUT2D eigenvalue weighted by atomic mass is 10.0. The average molecular weight is 369 g/mol. The molecule has 0 spiro atoms. The third-order valence-corrected chi connectivity index (χ3v) is 3.80. The number of nitrogens with zero attached hydrogens (tertiary/aromatic N) is 2. The van der Waals surface area contributed by atoms with Crippen molar-refractivity contribution in [2.45, 2.75) is 0 Å². The van der Waals surface area contributed by atoms with Gasteiger partial charge < -0.3 is 9.47 Å². The summed E-state index contributed by atoms with van der Waals surface area (Å²) in [4.78, 5) is 0. The van der Waals surface area contributed by atoms with Gasteiger partial charge in [-0.3, -0.25) is 0 Å². The lowest BCUT2D eigenvalue weighted by molar-refractivity contribution is 0.353. The molecule has 0 radical (unpaired) electrons. The van der Waals surface area contributed by atoms with E-state index >= 15 is 0 Å². The van der Waals surface area contributed by atoms with E-state index < -0.39 is 0 Å². The van der Waals surface area contributed by atoms with Crippen LogP contribution in [0.15, 0.2) is 40.9 Å². The van der Waals surface area contributed by atoms with E-state index in [2.05, 4.69) is 28.1 Å². The van der Waals surface area contributed by atoms with E-state index in [0.717, 1.165) is 15.6 Å². The highest BCUT2D eigenvalue weighted by molar-refractivity contribution is 9.10. The van der Waals surface area contributed by atoms with Gasteiger partial charge >= 0.3 is 0 Å². The van der Waals surface area contributed by atoms with Crippen molar-refractivity contribution in [3.63, 3.8) is 0 Å². The molecule has 0 atom stereocenters. The van der Waals surface area contributed by atoms with E-state index in [1.165, 1.54) is 0 Å². The largest absolute Gasteiger partial charge is 0.493 e. The summed E-state index contributed by atoms with van der Waals surface area (Å²) in [6.07, 6.45) is 1.76. The highest BCUT2D eigenvalue weighted by Crippen LogP contribution is 2.37. The standard InChI is InChI=1S/C18H13BrN2O2/c1-22-17-9-13(8-16(19)18(17)23-2)7-15(11-21)14-5-3-12(10-20)4-6-14/h3-9H,1-2H3/b15-7-. The Hall–Kier alpha value is -2.76. The Balaban J connectivity index is 2.48. The topological polar surface area (TPSA) is 66.0 Å². The van der Waals surface area contributed by atoms with Gasteiger partial charge in [-0.1, -0.05) is 12.1 Å². The SMILES string of the molecule is COc1cc(/C=C(/C#N)c2ccc(C#N)cc2)cc(Br)c1OC. The highest BCUT2D eigenvalue weighted by atomic mass is 79.9. The number of hydrogen-bond donors (Lipinski definition) is 0. The van der Waals surface area contributed by atoms with Crippen LogP contribution in [-0.4, -0.2) is 14.2 Å². The lowest BCUT2D eigenvalue weighted by Crippen LogP contribution is -1.92. The molecule has 23 heavy (non-hydrogen) atoms. The van der Waals surface area contributed by atoms with E-state index in [0.29, 0.717) is 22.6 Å². The van der Waals surface area contributed by atoms with E-state index in [1.807, 2.05) is 6.07 Å². The van der Waals surface area contributed by atoms with Crippen LogP contribution in [0.1, 0.15) is 16.7 Å². The van der Waals surface area contributed by atoms with Gasteiger partial charge in [0.2, 0.25) is 0 Å². The average Bonchev–Trinajstić information content (AvgIpc) is 2.59. The molecule has 0 N–H and O–H groups in total. The summed E-state index contributed by atoms with van der Waals surface area (Å²) in [6.45, 7) is 0. The summed E-state index contributed by atoms with van der Waals surface area (Å²) in [6, 6.07) is 14.8. The van der Waals surface area contributed by atoms with E-state index in [9.17, 15) is 5.26 Å². The van der Waals surface area contributed by atoms with E-state index in [1.54, 1.807) is 50.6 Å². The fourth-order valence-electron chi connectivity index (χ4n) is 2.09. The normalized spacial score (nSPS) is 10.6. The molecule has 0 saturated carbocycles. The Morgan fingerprint density at radius 1 is 1.09 bits per heavy atom. The minimum atomic E-state index is 0.494. The van der Waals surface area contributed by atoms with Crippen molar-refractivity contribution in [1.82, 2.24) is 0 Å². The molecule has 4 nitrogen and oxygen atoms in total. The van der Waals surface area contributed by atoms with Crippen LogP contribution in [-0.2, 0) is 0 Å². The Bertz CT molecular complexity index is 828. The molecule has 0 aliphatic rings. The van der Waals surface area contributed by atoms with E-state index in [4.69, 9.17) is 14.7 Å². The van der Waals surface area contributed by atoms with Gasteiger partial charge in [0.05, 0.1) is 42.0 Å². The van der Waals surface area contributed by atoms with Crippen molar-refractivity contribution in [3.05, 3.63) is 57.6 Å². The molecule has 0 aliphatic carbocycles. The van der Waals surface area contributed by atoms with Gasteiger partial charge in [0.25, 0.3) is 0 Å². The number of allylic oxidation sites excluding steroid dienone is 1. The van der Waals surface area contributed by atoms with Crippen LogP contribution in [0.4, 0.5) is 0 Å². The molecule has 2 aromatic carbocycles. The molecule has 0 fully saturated rings. The molecule has 2 aromatic rings. The summed E-state index contributed by atoms with van der Waals surface area (Å²) >= 11 is 3.43. The first-order chi connectivity index (χ1) is 11.1. The van der Waals surface area contributed by atoms with Crippen molar-refractivity contribution in [1.29, 1.82) is 10.5 Å². The number of ether oxygens (including phenoxy) is 2. The maximum Gasteiger partial charge on any atom is 0.174 e. The third-order valence-electron chi connectivity index (χ3n) is 3.21. The molecule has 114 valence electrons. The molecule has 0 heterocycles. The predicted octanol–water partition coefficient (Wildman–Crippen LogP) is 4.40. The van der Waals surface area contributed by atoms with Crippen molar-refractivity contribution in [2.75, 3.05) is 14.2 Å². The maximum absolute atomic E-state index is 9.41. The molecule has 0 saturated heterocycles. The first kappa shape index (κ1) is 16.6. The van der Waals surface area contributed by atoms with E-state index in [-0.39, 0.29) is 0 Å². The number of benzene rings is 2. The second kappa shape index (κ2) is 7.49. The molecule has 0 aromatic heterocycles. The molecule has 2 rings (SSSR count). The second-order valence-electron chi connectivity index (χ2n) is 4.60. The van der Waals surface area contributed by atoms with Crippen LogP contribution in [0.2, 0.25) is 0 Å². The Morgan fingerprint density at radius 3 is 2.30 bits per heavy atom. The van der Waals surface area contributed by atoms with Crippen LogP contribution >= 0.6 is 15.9 Å². The smallest absolute Gasteiger partial charge is 0.174 e. The van der Waals surface area contributed by atoms with Gasteiger partial charge in [0.1, 0.15) is 0 Å². The summed E-state index contributed by atoms with van der Waals surface area (Å²) in [5, 5.41) is 18.2. The third kappa shape index (κ3) is 3.71. The fraction of sp³-hybridized carbons (Fsp3) is 0.111. The number of halogens is 1. The van der Waals surface area contributed by atoms with Gasteiger partial charge in [-0.15, -0.1) is 0 Å². The fourth-order valence-corrected chi connectivity index (χ4v) is 2.71. The van der Waals surface area contributed by atoms with Crippen LogP contribution in [0.5, 0.6) is 11.5 Å². The molecule has 0 bridgehead atoms. The number of nitriles is 2. The zero-order valence-corrected chi connectivity index (χ0v) is 14.2. The zero-order chi connectivity index (χ0) is 16.8. The van der Waals surface area contributed by atoms with Gasteiger partial charge in [0.15, 0.2) is 11.5 Å². The van der Waals surface area contributed by atoms with Crippen molar-refractivity contribution in [3.8, 4) is 23.6 Å². The lowest BCUT2D eigenvalue weighted by Gasteiger charge is -2.10. The molecular formula is C18H13BrN2O2. The first-order valence-electron chi connectivity index (χ1n) is 6.66. The number of hydrogen-bond acceptors (Lipinski definition) is 4. The monoisotopic (exact) mass is 368 g/mol. The minimum absolute atomic E-state index is 0.494. The Kier molecular flexibility index (Phi) is 5.41. The predicted molar refractivity (Wildman–Crippen MR) is 91.9 cm³/mol. The quantitative estimate of drug-likeness (QED) is 0.592. The summed E-state index contributed by atoms with van der Waals surface area (Å²) < 4.78 is 11.3. The van der Waals surface area contributed by atoms with Crippen molar-refractivity contribution in [2.24, 2.45) is 0 Å². The molecule has 0 unspecified atom stereocenters. The Labute approximate surface area is 143 Å². The van der Waals surface area contributed by atoms with Gasteiger partial charge in [-0.2, -0.15) is 10.5 Å². The van der Waals surface area contributed by atoms with Crippen molar-refractivity contribution < 1.29 is 9.47 Å². The van der Waals surface area contributed by atoms with Crippen LogP contribution in [0.25, 0.3) is 11.6 Å². The minimum Gasteiger partial charge on any atom is -0.493 e. The van der Waals surface area contributed by atoms with Crippen LogP contribution < -0.4 is 9.47 Å². The molecular weight excluding hydrogens is 356 g/mol. The van der Waals surface area contributed by atoms with Crippen molar-refractivity contribution >= 4 is 27.6 Å². The van der Waals surface area contributed by atoms with Crippen LogP contribution in [0.3, 0.4) is 0 Å². The van der Waals surface area contributed by atoms with Gasteiger partial charge in [-0.05, 0) is 57.4 Å². The molecule has 0 aliphatic heterocycles. The maximum atomic E-state index is 9.41. The zero-order valence-electron chi connectivity index (χ0n) is 12.6. The summed E-state index contributed by atoms with van der Waals surface area (Å²) in [5.41, 5.74) is 2.60. The van der Waals surface area contributed by atoms with Crippen LogP contribution in [0, 0.1) is 22.7 Å². The number of rotatable bonds is 4. The Morgan fingerprint density at radius 2 is 1.78 bits per heavy atom. The first-order valence-corrected chi connectivity index (χ1v) is 7.46. The summed E-state index contributed by atoms with van der Waals surface area (Å²) in [5.74, 6) is 1.17. The molecule has 5 heteroatoms. The highest BCUT2D eigenvalue weighted by Gasteiger charge is 2.10. The van der Waals surface area contributed by atoms with Gasteiger partial charge in [-0.25, -0.2) is 0 Å². The molecule has 0 amide bonds. The number of methoxy groups -OCH3 is 2. The summed E-state index contributed by atoms with van der Waals surface area (Å²) in [7, 11) is 3.12. The van der Waals surface area contributed by atoms with Gasteiger partial charge in [0, 0.05) is 0 Å². The second-order valence-corrected chi connectivity index (χ2v) is 5.45.